The van der Waals surface area contributed by atoms with Crippen LogP contribution in [0.2, 0.25) is 5.02 Å². The zero-order valence-corrected chi connectivity index (χ0v) is 10.2. The summed E-state index contributed by atoms with van der Waals surface area (Å²) >= 11 is 6.06. The highest BCUT2D eigenvalue weighted by Gasteiger charge is 2.26. The van der Waals surface area contributed by atoms with Crippen LogP contribution in [-0.2, 0) is 0 Å². The van der Waals surface area contributed by atoms with Gasteiger partial charge in [-0.3, -0.25) is 4.98 Å². The van der Waals surface area contributed by atoms with E-state index in [2.05, 4.69) is 10.3 Å². The molecule has 17 heavy (non-hydrogen) atoms. The summed E-state index contributed by atoms with van der Waals surface area (Å²) in [5, 5.41) is 4.19. The molecule has 0 radical (unpaired) electrons. The summed E-state index contributed by atoms with van der Waals surface area (Å²) in [6.45, 7) is 0. The summed E-state index contributed by atoms with van der Waals surface area (Å²) < 4.78 is 13.3. The van der Waals surface area contributed by atoms with Gasteiger partial charge in [0, 0.05) is 29.7 Å². The van der Waals surface area contributed by atoms with Crippen molar-refractivity contribution in [2.45, 2.75) is 18.8 Å². The number of hydrogen-bond acceptors (Lipinski definition) is 2. The molecule has 1 heterocycles. The Morgan fingerprint density at radius 1 is 1.35 bits per heavy atom. The van der Waals surface area contributed by atoms with Gasteiger partial charge in [0.2, 0.25) is 0 Å². The van der Waals surface area contributed by atoms with E-state index in [-0.39, 0.29) is 5.82 Å². The van der Waals surface area contributed by atoms with Crippen LogP contribution in [0.15, 0.2) is 18.2 Å². The van der Waals surface area contributed by atoms with Gasteiger partial charge in [-0.2, -0.15) is 0 Å². The van der Waals surface area contributed by atoms with Gasteiger partial charge in [-0.1, -0.05) is 11.6 Å². The minimum absolute atomic E-state index is 0.333. The lowest BCUT2D eigenvalue weighted by atomic mass is 10.1. The number of hydrogen-bond donors (Lipinski definition) is 1. The highest BCUT2D eigenvalue weighted by molar-refractivity contribution is 6.35. The number of benzene rings is 1. The molecule has 1 aliphatic rings. The third kappa shape index (κ3) is 1.84. The number of rotatable bonds is 2. The van der Waals surface area contributed by atoms with Gasteiger partial charge in [-0.15, -0.1) is 0 Å². The molecule has 2 aromatic rings. The lowest BCUT2D eigenvalue weighted by molar-refractivity contribution is 0.629. The van der Waals surface area contributed by atoms with E-state index >= 15 is 0 Å². The molecular formula is C13H12ClFN2. The average Bonchev–Trinajstić information content (AvgIpc) is 3.11. The van der Waals surface area contributed by atoms with Crippen LogP contribution in [0.5, 0.6) is 0 Å². The summed E-state index contributed by atoms with van der Waals surface area (Å²) in [7, 11) is 1.82. The third-order valence-electron chi connectivity index (χ3n) is 3.12. The minimum Gasteiger partial charge on any atom is -0.388 e. The van der Waals surface area contributed by atoms with Crippen molar-refractivity contribution in [2.24, 2.45) is 0 Å². The number of nitrogens with one attached hydrogen (secondary N) is 1. The van der Waals surface area contributed by atoms with Crippen molar-refractivity contribution in [3.63, 3.8) is 0 Å². The Kier molecular flexibility index (Phi) is 2.44. The maximum atomic E-state index is 13.3. The monoisotopic (exact) mass is 250 g/mol. The van der Waals surface area contributed by atoms with Crippen LogP contribution >= 0.6 is 11.6 Å². The maximum absolute atomic E-state index is 13.3. The Morgan fingerprint density at radius 3 is 2.76 bits per heavy atom. The smallest absolute Gasteiger partial charge is 0.125 e. The molecule has 1 saturated carbocycles. The second kappa shape index (κ2) is 3.84. The summed E-state index contributed by atoms with van der Waals surface area (Å²) in [6, 6.07) is 4.78. The van der Waals surface area contributed by atoms with Gasteiger partial charge in [0.1, 0.15) is 5.82 Å². The first-order valence-electron chi connectivity index (χ1n) is 5.66. The zero-order chi connectivity index (χ0) is 12.0. The van der Waals surface area contributed by atoms with Crippen molar-refractivity contribution in [1.29, 1.82) is 0 Å². The van der Waals surface area contributed by atoms with Gasteiger partial charge in [-0.25, -0.2) is 4.39 Å². The van der Waals surface area contributed by atoms with Crippen LogP contribution in [0.1, 0.15) is 24.5 Å². The number of nitrogens with zero attached hydrogens (tertiary/aromatic N) is 1. The summed E-state index contributed by atoms with van der Waals surface area (Å²) in [4.78, 5) is 4.55. The van der Waals surface area contributed by atoms with E-state index in [1.807, 2.05) is 13.1 Å². The molecule has 2 nitrogen and oxygen atoms in total. The summed E-state index contributed by atoms with van der Waals surface area (Å²) in [5.41, 5.74) is 2.62. The molecule has 1 aliphatic carbocycles. The fourth-order valence-corrected chi connectivity index (χ4v) is 2.32. The van der Waals surface area contributed by atoms with Crippen molar-refractivity contribution in [1.82, 2.24) is 4.98 Å². The first-order valence-corrected chi connectivity index (χ1v) is 6.04. The lowest BCUT2D eigenvalue weighted by Gasteiger charge is -2.10. The van der Waals surface area contributed by atoms with Crippen LogP contribution in [0, 0.1) is 5.82 Å². The fourth-order valence-electron chi connectivity index (χ4n) is 2.07. The van der Waals surface area contributed by atoms with Gasteiger partial charge >= 0.3 is 0 Å². The van der Waals surface area contributed by atoms with Crippen LogP contribution in [0.3, 0.4) is 0 Å². The molecule has 0 atom stereocenters. The van der Waals surface area contributed by atoms with Crippen molar-refractivity contribution < 1.29 is 4.39 Å². The average molecular weight is 251 g/mol. The molecule has 0 amide bonds. The van der Waals surface area contributed by atoms with Crippen LogP contribution < -0.4 is 5.32 Å². The summed E-state index contributed by atoms with van der Waals surface area (Å²) in [6.07, 6.45) is 2.36. The number of halogens is 2. The van der Waals surface area contributed by atoms with Gasteiger partial charge in [0.05, 0.1) is 10.5 Å². The maximum Gasteiger partial charge on any atom is 0.125 e. The standard InChI is InChI=1S/C13H12ClFN2/c1-16-12-6-11(7-2-3-7)17-13-9(12)4-8(15)5-10(13)14/h4-7H,2-3H2,1H3,(H,16,17). The Bertz CT molecular complexity index is 593. The van der Waals surface area contributed by atoms with Crippen LogP contribution in [0.25, 0.3) is 10.9 Å². The van der Waals surface area contributed by atoms with Gasteiger partial charge in [-0.05, 0) is 31.0 Å². The molecular weight excluding hydrogens is 239 g/mol. The normalized spacial score (nSPS) is 15.2. The molecule has 1 aromatic heterocycles. The van der Waals surface area contributed by atoms with E-state index in [0.29, 0.717) is 16.5 Å². The molecule has 0 bridgehead atoms. The molecule has 4 heteroatoms. The molecule has 3 rings (SSSR count). The molecule has 0 aliphatic heterocycles. The van der Waals surface area contributed by atoms with E-state index in [0.717, 1.165) is 16.8 Å². The van der Waals surface area contributed by atoms with Gasteiger partial charge in [0.15, 0.2) is 0 Å². The number of anilines is 1. The second-order valence-corrected chi connectivity index (χ2v) is 4.81. The number of fused-ring (bicyclic) bond motifs is 1. The van der Waals surface area contributed by atoms with Gasteiger partial charge < -0.3 is 5.32 Å². The second-order valence-electron chi connectivity index (χ2n) is 4.40. The van der Waals surface area contributed by atoms with Gasteiger partial charge in [0.25, 0.3) is 0 Å². The minimum atomic E-state index is -0.333. The van der Waals surface area contributed by atoms with Crippen molar-refractivity contribution in [3.8, 4) is 0 Å². The molecule has 0 spiro atoms. The molecule has 0 saturated heterocycles. The van der Waals surface area contributed by atoms with Crippen molar-refractivity contribution >= 4 is 28.2 Å². The molecule has 0 unspecified atom stereocenters. The largest absolute Gasteiger partial charge is 0.388 e. The molecule has 1 N–H and O–H groups in total. The van der Waals surface area contributed by atoms with Crippen LogP contribution in [-0.4, -0.2) is 12.0 Å². The fraction of sp³-hybridized carbons (Fsp3) is 0.308. The highest BCUT2D eigenvalue weighted by Crippen LogP contribution is 2.41. The Labute approximate surface area is 104 Å². The zero-order valence-electron chi connectivity index (χ0n) is 9.43. The first-order chi connectivity index (χ1) is 8.19. The SMILES string of the molecule is CNc1cc(C2CC2)nc2c(Cl)cc(F)cc12. The van der Waals surface area contributed by atoms with E-state index in [9.17, 15) is 4.39 Å². The van der Waals surface area contributed by atoms with E-state index in [4.69, 9.17) is 11.6 Å². The number of aromatic nitrogens is 1. The molecule has 1 fully saturated rings. The van der Waals surface area contributed by atoms with Crippen LogP contribution in [0.4, 0.5) is 10.1 Å². The predicted molar refractivity (Wildman–Crippen MR) is 68.2 cm³/mol. The summed E-state index contributed by atoms with van der Waals surface area (Å²) in [5.74, 6) is 0.215. The predicted octanol–water partition coefficient (Wildman–Crippen LogP) is 3.95. The van der Waals surface area contributed by atoms with Crippen molar-refractivity contribution in [2.75, 3.05) is 12.4 Å². The topological polar surface area (TPSA) is 24.9 Å². The van der Waals surface area contributed by atoms with E-state index in [1.54, 1.807) is 0 Å². The van der Waals surface area contributed by atoms with E-state index in [1.165, 1.54) is 25.0 Å². The molecule has 1 aromatic carbocycles. The third-order valence-corrected chi connectivity index (χ3v) is 3.40. The number of pyridine rings is 1. The Balaban J connectivity index is 2.31. The van der Waals surface area contributed by atoms with Crippen molar-refractivity contribution in [3.05, 3.63) is 34.7 Å². The highest BCUT2D eigenvalue weighted by atomic mass is 35.5. The lowest BCUT2D eigenvalue weighted by Crippen LogP contribution is -1.96. The first kappa shape index (κ1) is 10.8. The van der Waals surface area contributed by atoms with E-state index < -0.39 is 0 Å². The molecule has 88 valence electrons. The Hall–Kier alpha value is -1.35. The quantitative estimate of drug-likeness (QED) is 0.873. The Morgan fingerprint density at radius 2 is 2.12 bits per heavy atom.